The zero-order chi connectivity index (χ0) is 14.4. The summed E-state index contributed by atoms with van der Waals surface area (Å²) in [6.07, 6.45) is 2.45. The number of carbonyl (C=O) groups excluding carboxylic acids is 1. The summed E-state index contributed by atoms with van der Waals surface area (Å²) < 4.78 is 6.60. The summed E-state index contributed by atoms with van der Waals surface area (Å²) in [6.45, 7) is 0.766. The maximum absolute atomic E-state index is 11.7. The van der Waals surface area contributed by atoms with Crippen molar-refractivity contribution in [1.82, 2.24) is 15.1 Å². The van der Waals surface area contributed by atoms with Crippen LogP contribution in [0.25, 0.3) is 0 Å². The number of nitrogens with one attached hydrogen (secondary N) is 1. The fourth-order valence-corrected chi connectivity index (χ4v) is 1.81. The van der Waals surface area contributed by atoms with E-state index in [4.69, 9.17) is 10.5 Å². The van der Waals surface area contributed by atoms with E-state index in [9.17, 15) is 4.79 Å². The van der Waals surface area contributed by atoms with Crippen LogP contribution in [0.5, 0.6) is 5.75 Å². The monoisotopic (exact) mass is 274 g/mol. The number of nitrogens with zero attached hydrogens (tertiary/aromatic N) is 2. The molecule has 1 amide bonds. The van der Waals surface area contributed by atoms with E-state index < -0.39 is 0 Å². The molecule has 0 fully saturated rings. The quantitative estimate of drug-likeness (QED) is 0.817. The largest absolute Gasteiger partial charge is 0.497 e. The topological polar surface area (TPSA) is 82.2 Å². The lowest BCUT2D eigenvalue weighted by molar-refractivity contribution is -0.121. The minimum absolute atomic E-state index is 0.0818. The second kappa shape index (κ2) is 6.60. The van der Waals surface area contributed by atoms with Crippen molar-refractivity contribution in [3.8, 4) is 5.75 Å². The van der Waals surface area contributed by atoms with Crippen LogP contribution in [0.3, 0.4) is 0 Å². The Balaban J connectivity index is 1.73. The van der Waals surface area contributed by atoms with Crippen LogP contribution in [-0.4, -0.2) is 29.3 Å². The van der Waals surface area contributed by atoms with Gasteiger partial charge in [-0.25, -0.2) is 0 Å². The molecule has 0 atom stereocenters. The Hall–Kier alpha value is -2.50. The third kappa shape index (κ3) is 4.01. The number of methoxy groups -OCH3 is 1. The van der Waals surface area contributed by atoms with E-state index in [1.54, 1.807) is 19.4 Å². The predicted octanol–water partition coefficient (Wildman–Crippen LogP) is 0.833. The Bertz CT molecular complexity index is 563. The second-order valence-corrected chi connectivity index (χ2v) is 4.39. The Kier molecular flexibility index (Phi) is 4.60. The molecule has 1 aromatic heterocycles. The average Bonchev–Trinajstić information content (AvgIpc) is 2.85. The Morgan fingerprint density at radius 2 is 2.10 bits per heavy atom. The molecular weight excluding hydrogens is 256 g/mol. The van der Waals surface area contributed by atoms with Gasteiger partial charge in [0.25, 0.3) is 0 Å². The van der Waals surface area contributed by atoms with Gasteiger partial charge in [0.15, 0.2) is 0 Å². The normalized spacial score (nSPS) is 10.2. The molecule has 106 valence electrons. The number of aromatic nitrogens is 2. The van der Waals surface area contributed by atoms with Gasteiger partial charge in [-0.2, -0.15) is 5.10 Å². The molecule has 0 saturated heterocycles. The molecule has 6 heteroatoms. The molecule has 6 nitrogen and oxygen atoms in total. The fraction of sp³-hybridized carbons (Fsp3) is 0.286. The van der Waals surface area contributed by atoms with Crippen molar-refractivity contribution in [2.75, 3.05) is 19.4 Å². The standard InChI is InChI=1S/C14H18N4O2/c1-20-12-4-2-11(3-5-12)6-8-16-14(19)10-18-9-7-13(15)17-18/h2-5,7,9H,6,8,10H2,1H3,(H2,15,17)(H,16,19). The molecule has 3 N–H and O–H groups in total. The lowest BCUT2D eigenvalue weighted by Gasteiger charge is -2.06. The summed E-state index contributed by atoms with van der Waals surface area (Å²) in [5, 5.41) is 6.80. The van der Waals surface area contributed by atoms with Crippen molar-refractivity contribution in [2.24, 2.45) is 0 Å². The first-order chi connectivity index (χ1) is 9.67. The highest BCUT2D eigenvalue weighted by Gasteiger charge is 2.03. The van der Waals surface area contributed by atoms with Gasteiger partial charge < -0.3 is 15.8 Å². The second-order valence-electron chi connectivity index (χ2n) is 4.39. The third-order valence-corrected chi connectivity index (χ3v) is 2.86. The molecule has 0 aliphatic rings. The molecule has 0 saturated carbocycles. The van der Waals surface area contributed by atoms with Crippen LogP contribution in [0.2, 0.25) is 0 Å². The van der Waals surface area contributed by atoms with Gasteiger partial charge in [0.05, 0.1) is 7.11 Å². The molecule has 0 radical (unpaired) electrons. The average molecular weight is 274 g/mol. The summed E-state index contributed by atoms with van der Waals surface area (Å²) in [7, 11) is 1.64. The third-order valence-electron chi connectivity index (χ3n) is 2.86. The molecule has 0 spiro atoms. The van der Waals surface area contributed by atoms with Gasteiger partial charge in [0.2, 0.25) is 5.91 Å². The Morgan fingerprint density at radius 3 is 2.70 bits per heavy atom. The van der Waals surface area contributed by atoms with E-state index in [1.807, 2.05) is 24.3 Å². The van der Waals surface area contributed by atoms with Gasteiger partial charge in [0, 0.05) is 12.7 Å². The molecule has 0 unspecified atom stereocenters. The minimum Gasteiger partial charge on any atom is -0.497 e. The SMILES string of the molecule is COc1ccc(CCNC(=O)Cn2ccc(N)n2)cc1. The zero-order valence-electron chi connectivity index (χ0n) is 11.4. The number of rotatable bonds is 6. The fourth-order valence-electron chi connectivity index (χ4n) is 1.81. The highest BCUT2D eigenvalue weighted by molar-refractivity contribution is 5.75. The lowest BCUT2D eigenvalue weighted by Crippen LogP contribution is -2.29. The summed E-state index contributed by atoms with van der Waals surface area (Å²) >= 11 is 0. The van der Waals surface area contributed by atoms with Crippen molar-refractivity contribution >= 4 is 11.7 Å². The molecule has 2 aromatic rings. The molecule has 1 aromatic carbocycles. The van der Waals surface area contributed by atoms with E-state index in [2.05, 4.69) is 10.4 Å². The number of hydrogen-bond acceptors (Lipinski definition) is 4. The number of benzene rings is 1. The number of nitrogen functional groups attached to an aromatic ring is 1. The number of carbonyl (C=O) groups is 1. The highest BCUT2D eigenvalue weighted by Crippen LogP contribution is 2.11. The highest BCUT2D eigenvalue weighted by atomic mass is 16.5. The van der Waals surface area contributed by atoms with Crippen molar-refractivity contribution in [2.45, 2.75) is 13.0 Å². The van der Waals surface area contributed by atoms with Crippen molar-refractivity contribution in [3.05, 3.63) is 42.1 Å². The van der Waals surface area contributed by atoms with Crippen LogP contribution < -0.4 is 15.8 Å². The van der Waals surface area contributed by atoms with Crippen LogP contribution >= 0.6 is 0 Å². The lowest BCUT2D eigenvalue weighted by atomic mass is 10.1. The summed E-state index contributed by atoms with van der Waals surface area (Å²) in [5.74, 6) is 1.16. The maximum Gasteiger partial charge on any atom is 0.241 e. The van der Waals surface area contributed by atoms with Crippen LogP contribution in [-0.2, 0) is 17.8 Å². The maximum atomic E-state index is 11.7. The Labute approximate surface area is 117 Å². The van der Waals surface area contributed by atoms with E-state index in [1.165, 1.54) is 4.68 Å². The molecule has 20 heavy (non-hydrogen) atoms. The molecule has 1 heterocycles. The van der Waals surface area contributed by atoms with Crippen LogP contribution in [0.1, 0.15) is 5.56 Å². The van der Waals surface area contributed by atoms with Gasteiger partial charge in [-0.3, -0.25) is 9.48 Å². The van der Waals surface area contributed by atoms with Gasteiger partial charge in [-0.15, -0.1) is 0 Å². The number of ether oxygens (including phenoxy) is 1. The Morgan fingerprint density at radius 1 is 1.35 bits per heavy atom. The number of nitrogens with two attached hydrogens (primary N) is 1. The summed E-state index contributed by atoms with van der Waals surface area (Å²) in [6, 6.07) is 9.44. The molecule has 0 aliphatic heterocycles. The van der Waals surface area contributed by atoms with E-state index in [0.29, 0.717) is 12.4 Å². The van der Waals surface area contributed by atoms with Crippen LogP contribution in [0, 0.1) is 0 Å². The van der Waals surface area contributed by atoms with E-state index in [0.717, 1.165) is 17.7 Å². The van der Waals surface area contributed by atoms with Gasteiger partial charge in [0.1, 0.15) is 18.1 Å². The number of amides is 1. The van der Waals surface area contributed by atoms with Gasteiger partial charge in [-0.1, -0.05) is 12.1 Å². The van der Waals surface area contributed by atoms with Gasteiger partial charge in [-0.05, 0) is 30.2 Å². The minimum atomic E-state index is -0.0818. The number of anilines is 1. The van der Waals surface area contributed by atoms with Crippen LogP contribution in [0.4, 0.5) is 5.82 Å². The van der Waals surface area contributed by atoms with E-state index >= 15 is 0 Å². The predicted molar refractivity (Wildman–Crippen MR) is 76.3 cm³/mol. The smallest absolute Gasteiger partial charge is 0.241 e. The first-order valence-corrected chi connectivity index (χ1v) is 6.36. The summed E-state index contributed by atoms with van der Waals surface area (Å²) in [5.41, 5.74) is 6.63. The van der Waals surface area contributed by atoms with Crippen molar-refractivity contribution < 1.29 is 9.53 Å². The first kappa shape index (κ1) is 13.9. The molecule has 0 aliphatic carbocycles. The van der Waals surface area contributed by atoms with Crippen molar-refractivity contribution in [1.29, 1.82) is 0 Å². The zero-order valence-corrected chi connectivity index (χ0v) is 11.4. The number of hydrogen-bond donors (Lipinski definition) is 2. The first-order valence-electron chi connectivity index (χ1n) is 6.36. The van der Waals surface area contributed by atoms with Crippen LogP contribution in [0.15, 0.2) is 36.5 Å². The molecular formula is C14H18N4O2. The molecule has 0 bridgehead atoms. The molecule has 2 rings (SSSR count). The van der Waals surface area contributed by atoms with Crippen molar-refractivity contribution in [3.63, 3.8) is 0 Å². The van der Waals surface area contributed by atoms with Gasteiger partial charge >= 0.3 is 0 Å². The summed E-state index contributed by atoms with van der Waals surface area (Å²) in [4.78, 5) is 11.7. The van der Waals surface area contributed by atoms with E-state index in [-0.39, 0.29) is 12.5 Å².